The fourth-order valence-electron chi connectivity index (χ4n) is 0.444. The van der Waals surface area contributed by atoms with Gasteiger partial charge in [-0.05, 0) is 6.92 Å². The zero-order valence-corrected chi connectivity index (χ0v) is 5.93. The first-order chi connectivity index (χ1) is 5.66. The maximum atomic E-state index is 10.1. The molecule has 0 saturated heterocycles. The fraction of sp³-hybridized carbons (Fsp3) is 0.833. The maximum Gasteiger partial charge on any atom is 0.151 e. The van der Waals surface area contributed by atoms with Crippen LogP contribution in [0.5, 0.6) is 0 Å². The van der Waals surface area contributed by atoms with E-state index in [1.807, 2.05) is 0 Å². The Hall–Kier alpha value is -0.490. The highest BCUT2D eigenvalue weighted by Gasteiger charge is 2.27. The fourth-order valence-corrected chi connectivity index (χ4v) is 0.444. The summed E-state index contributed by atoms with van der Waals surface area (Å²) in [6.07, 6.45) is -10.3. The van der Waals surface area contributed by atoms with E-state index in [1.165, 1.54) is 0 Å². The topological polar surface area (TPSA) is 98.0 Å². The van der Waals surface area contributed by atoms with Crippen LogP contribution in [0.15, 0.2) is 0 Å². The van der Waals surface area contributed by atoms with Crippen LogP contribution in [0.25, 0.3) is 0 Å². The molecule has 0 saturated carbocycles. The van der Waals surface area contributed by atoms with Gasteiger partial charge in [0.2, 0.25) is 0 Å². The second-order valence-corrected chi connectivity index (χ2v) is 2.05. The SMILES string of the molecule is [2H][C@@](O)([C@H](C)O)[C@@H](O)[C@]([2H])(O)C=O. The Bertz CT molecular complexity index is 191. The van der Waals surface area contributed by atoms with Crippen molar-refractivity contribution in [1.82, 2.24) is 0 Å². The van der Waals surface area contributed by atoms with Crippen LogP contribution in [0.4, 0.5) is 0 Å². The molecule has 66 valence electrons. The van der Waals surface area contributed by atoms with E-state index in [2.05, 4.69) is 0 Å². The van der Waals surface area contributed by atoms with Gasteiger partial charge >= 0.3 is 0 Å². The number of carbonyl (C=O) groups excluding carboxylic acids is 1. The average Bonchev–Trinajstić information content (AvgIpc) is 2.02. The van der Waals surface area contributed by atoms with Crippen LogP contribution in [0.2, 0.25) is 0 Å². The summed E-state index contributed by atoms with van der Waals surface area (Å²) < 4.78 is 13.7. The van der Waals surface area contributed by atoms with E-state index in [4.69, 9.17) is 23.2 Å². The molecular formula is C6H12O5. The number of carbonyl (C=O) groups is 1. The standard InChI is InChI=1S/C6H12O5/c1-3(8)5(10)6(11)4(9)2-7/h2-6,8-11H,1H3/t3-,4+,5+,6-/m0/s1/i4D,5D. The van der Waals surface area contributed by atoms with Crippen LogP contribution in [0, 0.1) is 0 Å². The molecule has 0 fully saturated rings. The molecule has 4 atom stereocenters. The predicted molar refractivity (Wildman–Crippen MR) is 35.8 cm³/mol. The molecule has 0 aromatic carbocycles. The molecule has 0 aliphatic rings. The van der Waals surface area contributed by atoms with Crippen LogP contribution in [-0.4, -0.2) is 51.1 Å². The quantitative estimate of drug-likeness (QED) is 0.350. The Kier molecular flexibility index (Phi) is 2.87. The van der Waals surface area contributed by atoms with Gasteiger partial charge in [0.05, 0.1) is 8.85 Å². The Morgan fingerprint density at radius 3 is 2.09 bits per heavy atom. The van der Waals surface area contributed by atoms with E-state index >= 15 is 0 Å². The summed E-state index contributed by atoms with van der Waals surface area (Å²) in [4.78, 5) is 10.1. The first kappa shape index (κ1) is 7.17. The van der Waals surface area contributed by atoms with Crippen molar-refractivity contribution in [3.05, 3.63) is 0 Å². The summed E-state index contributed by atoms with van der Waals surface area (Å²) in [5, 5.41) is 35.7. The van der Waals surface area contributed by atoms with Crippen molar-refractivity contribution in [2.24, 2.45) is 0 Å². The third-order valence-corrected chi connectivity index (χ3v) is 1.11. The summed E-state index contributed by atoms with van der Waals surface area (Å²) in [5.41, 5.74) is 0. The van der Waals surface area contributed by atoms with Gasteiger partial charge in [-0.15, -0.1) is 0 Å². The van der Waals surface area contributed by atoms with Crippen LogP contribution in [-0.2, 0) is 4.79 Å². The molecule has 11 heavy (non-hydrogen) atoms. The first-order valence-corrected chi connectivity index (χ1v) is 2.93. The lowest BCUT2D eigenvalue weighted by Gasteiger charge is -2.21. The third kappa shape index (κ3) is 2.94. The molecular weight excluding hydrogens is 152 g/mol. The van der Waals surface area contributed by atoms with Gasteiger partial charge in [0.15, 0.2) is 6.29 Å². The van der Waals surface area contributed by atoms with Crippen LogP contribution < -0.4 is 0 Å². The van der Waals surface area contributed by atoms with Crippen molar-refractivity contribution < 1.29 is 28.0 Å². The van der Waals surface area contributed by atoms with Crippen molar-refractivity contribution in [1.29, 1.82) is 0 Å². The Morgan fingerprint density at radius 1 is 1.36 bits per heavy atom. The molecule has 0 aromatic heterocycles. The smallest absolute Gasteiger partial charge is 0.151 e. The zero-order chi connectivity index (χ0) is 10.9. The summed E-state index contributed by atoms with van der Waals surface area (Å²) in [6.45, 7) is 0.983. The van der Waals surface area contributed by atoms with Gasteiger partial charge in [0.25, 0.3) is 0 Å². The minimum atomic E-state index is -3.01. The molecule has 0 aliphatic heterocycles. The summed E-state index contributed by atoms with van der Waals surface area (Å²) in [7, 11) is 0. The Labute approximate surface area is 66.7 Å². The maximum absolute atomic E-state index is 10.1. The Morgan fingerprint density at radius 2 is 1.82 bits per heavy atom. The lowest BCUT2D eigenvalue weighted by atomic mass is 10.1. The van der Waals surface area contributed by atoms with Crippen molar-refractivity contribution in [2.75, 3.05) is 0 Å². The van der Waals surface area contributed by atoms with Crippen LogP contribution in [0.3, 0.4) is 0 Å². The molecule has 0 radical (unpaired) electrons. The second kappa shape index (κ2) is 4.40. The summed E-state index contributed by atoms with van der Waals surface area (Å²) >= 11 is 0. The van der Waals surface area contributed by atoms with Gasteiger partial charge in [0, 0.05) is 0 Å². The Balaban J connectivity index is 4.77. The van der Waals surface area contributed by atoms with Gasteiger partial charge in [-0.1, -0.05) is 0 Å². The highest BCUT2D eigenvalue weighted by Crippen LogP contribution is 2.02. The first-order valence-electron chi connectivity index (χ1n) is 3.93. The molecule has 0 aliphatic carbocycles. The average molecular weight is 166 g/mol. The molecule has 0 heterocycles. The summed E-state index contributed by atoms with van der Waals surface area (Å²) in [5.74, 6) is 0. The number of aliphatic hydroxyl groups excluding tert-OH is 2. The lowest BCUT2D eigenvalue weighted by molar-refractivity contribution is -0.132. The van der Waals surface area contributed by atoms with Gasteiger partial charge in [0.1, 0.15) is 18.3 Å². The zero-order valence-electron chi connectivity index (χ0n) is 7.93. The highest BCUT2D eigenvalue weighted by atomic mass is 16.4. The molecule has 0 rings (SSSR count). The van der Waals surface area contributed by atoms with Gasteiger partial charge < -0.3 is 25.2 Å². The minimum absolute atomic E-state index is 0.334. The van der Waals surface area contributed by atoms with E-state index in [-0.39, 0.29) is 6.29 Å². The van der Waals surface area contributed by atoms with Crippen molar-refractivity contribution >= 4 is 6.29 Å². The van der Waals surface area contributed by atoms with Crippen molar-refractivity contribution in [3.63, 3.8) is 0 Å². The van der Waals surface area contributed by atoms with E-state index in [0.717, 1.165) is 6.92 Å². The number of hydrogen-bond donors (Lipinski definition) is 4. The monoisotopic (exact) mass is 166 g/mol. The molecule has 4 N–H and O–H groups in total. The van der Waals surface area contributed by atoms with E-state index in [9.17, 15) is 4.79 Å². The van der Waals surface area contributed by atoms with Crippen LogP contribution >= 0.6 is 0 Å². The van der Waals surface area contributed by atoms with E-state index in [0.29, 0.717) is 0 Å². The number of hydrogen-bond acceptors (Lipinski definition) is 5. The predicted octanol–water partition coefficient (Wildman–Crippen LogP) is -2.35. The number of aldehydes is 1. The second-order valence-electron chi connectivity index (χ2n) is 2.05. The highest BCUT2D eigenvalue weighted by molar-refractivity contribution is 5.56. The summed E-state index contributed by atoms with van der Waals surface area (Å²) in [6, 6.07) is 0. The molecule has 0 unspecified atom stereocenters. The molecule has 0 bridgehead atoms. The van der Waals surface area contributed by atoms with Crippen molar-refractivity contribution in [2.45, 2.75) is 31.3 Å². The number of rotatable bonds is 4. The minimum Gasteiger partial charge on any atom is -0.391 e. The van der Waals surface area contributed by atoms with Gasteiger partial charge in [-0.3, -0.25) is 0 Å². The molecule has 0 amide bonds. The van der Waals surface area contributed by atoms with Gasteiger partial charge in [-0.25, -0.2) is 0 Å². The molecule has 0 aromatic rings. The normalized spacial score (nSPS) is 30.3. The molecule has 5 nitrogen and oxygen atoms in total. The molecule has 0 spiro atoms. The van der Waals surface area contributed by atoms with Crippen LogP contribution in [0.1, 0.15) is 9.67 Å². The largest absolute Gasteiger partial charge is 0.391 e. The van der Waals surface area contributed by atoms with Crippen molar-refractivity contribution in [3.8, 4) is 0 Å². The van der Waals surface area contributed by atoms with Gasteiger partial charge in [-0.2, -0.15) is 0 Å². The number of aliphatic hydroxyl groups is 4. The third-order valence-electron chi connectivity index (χ3n) is 1.11. The van der Waals surface area contributed by atoms with E-state index in [1.54, 1.807) is 0 Å². The molecule has 5 heteroatoms. The lowest BCUT2D eigenvalue weighted by Crippen LogP contribution is -2.43. The van der Waals surface area contributed by atoms with E-state index < -0.39 is 24.4 Å².